The van der Waals surface area contributed by atoms with Gasteiger partial charge in [0.2, 0.25) is 0 Å². The number of nitrogens with one attached hydrogen (secondary N) is 1. The largest absolute Gasteiger partial charge is 0.486 e. The van der Waals surface area contributed by atoms with Gasteiger partial charge in [-0.15, -0.1) is 0 Å². The van der Waals surface area contributed by atoms with Gasteiger partial charge in [-0.05, 0) is 37.5 Å². The third-order valence-corrected chi connectivity index (χ3v) is 3.78. The molecule has 1 atom stereocenters. The topological polar surface area (TPSA) is 39.7 Å². The Kier molecular flexibility index (Phi) is 3.89. The van der Waals surface area contributed by atoms with Crippen LogP contribution in [-0.2, 0) is 4.84 Å². The predicted molar refractivity (Wildman–Crippen MR) is 72.3 cm³/mol. The Hall–Kier alpha value is -1.26. The van der Waals surface area contributed by atoms with E-state index in [1.165, 1.54) is 25.7 Å². The normalized spacial score (nSPS) is 20.5. The molecule has 1 aromatic rings. The summed E-state index contributed by atoms with van der Waals surface area (Å²) in [6, 6.07) is 6.21. The predicted octanol–water partition coefficient (Wildman–Crippen LogP) is 2.98. The van der Waals surface area contributed by atoms with E-state index in [9.17, 15) is 0 Å². The molecule has 1 aliphatic carbocycles. The highest BCUT2D eigenvalue weighted by Crippen LogP contribution is 2.32. The zero-order chi connectivity index (χ0) is 13.1. The number of hydrogen-bond acceptors (Lipinski definition) is 4. The molecule has 104 valence electrons. The van der Waals surface area contributed by atoms with Gasteiger partial charge in [0.05, 0.1) is 12.1 Å². The summed E-state index contributed by atoms with van der Waals surface area (Å²) in [7, 11) is 0. The molecular weight excluding hydrogens is 242 g/mol. The molecule has 1 N–H and O–H groups in total. The third kappa shape index (κ3) is 3.01. The van der Waals surface area contributed by atoms with Gasteiger partial charge >= 0.3 is 0 Å². The van der Waals surface area contributed by atoms with E-state index in [2.05, 4.69) is 18.5 Å². The van der Waals surface area contributed by atoms with E-state index in [1.54, 1.807) is 0 Å². The summed E-state index contributed by atoms with van der Waals surface area (Å²) in [5.41, 5.74) is 4.31. The van der Waals surface area contributed by atoms with Crippen molar-refractivity contribution in [3.63, 3.8) is 0 Å². The van der Waals surface area contributed by atoms with Crippen LogP contribution in [0.25, 0.3) is 0 Å². The monoisotopic (exact) mass is 263 g/mol. The van der Waals surface area contributed by atoms with Crippen LogP contribution in [0.5, 0.6) is 11.5 Å². The first-order chi connectivity index (χ1) is 9.33. The fourth-order valence-electron chi connectivity index (χ4n) is 2.60. The first-order valence-electron chi connectivity index (χ1n) is 7.13. The van der Waals surface area contributed by atoms with Crippen molar-refractivity contribution in [2.24, 2.45) is 0 Å². The molecule has 1 aliphatic heterocycles. The van der Waals surface area contributed by atoms with Gasteiger partial charge in [0.1, 0.15) is 13.2 Å². The molecule has 0 radical (unpaired) electrons. The van der Waals surface area contributed by atoms with Crippen LogP contribution in [0.3, 0.4) is 0 Å². The van der Waals surface area contributed by atoms with Crippen molar-refractivity contribution in [3.8, 4) is 11.5 Å². The van der Waals surface area contributed by atoms with Gasteiger partial charge in [0.15, 0.2) is 11.5 Å². The summed E-state index contributed by atoms with van der Waals surface area (Å²) >= 11 is 0. The van der Waals surface area contributed by atoms with E-state index in [1.807, 2.05) is 12.1 Å². The van der Waals surface area contributed by atoms with Crippen LogP contribution >= 0.6 is 0 Å². The molecule has 0 saturated heterocycles. The smallest absolute Gasteiger partial charge is 0.161 e. The summed E-state index contributed by atoms with van der Waals surface area (Å²) < 4.78 is 11.1. The maximum absolute atomic E-state index is 5.74. The minimum atomic E-state index is 0.149. The van der Waals surface area contributed by atoms with Crippen molar-refractivity contribution >= 4 is 0 Å². The van der Waals surface area contributed by atoms with Crippen molar-refractivity contribution in [2.75, 3.05) is 13.2 Å². The van der Waals surface area contributed by atoms with Gasteiger partial charge in [-0.25, -0.2) is 0 Å². The van der Waals surface area contributed by atoms with Crippen LogP contribution in [0.2, 0.25) is 0 Å². The summed E-state index contributed by atoms with van der Waals surface area (Å²) in [4.78, 5) is 5.74. The highest BCUT2D eigenvalue weighted by molar-refractivity contribution is 5.44. The van der Waals surface area contributed by atoms with Crippen LogP contribution in [0.15, 0.2) is 18.2 Å². The molecule has 1 unspecified atom stereocenters. The molecule has 0 aromatic heterocycles. The molecular formula is C15H21NO3. The molecule has 3 rings (SSSR count). The zero-order valence-corrected chi connectivity index (χ0v) is 11.4. The quantitative estimate of drug-likeness (QED) is 0.848. The Morgan fingerprint density at radius 1 is 1.16 bits per heavy atom. The Balaban J connectivity index is 1.60. The summed E-state index contributed by atoms with van der Waals surface area (Å²) in [5.74, 6) is 1.66. The molecule has 0 bridgehead atoms. The highest BCUT2D eigenvalue weighted by Gasteiger charge is 2.18. The zero-order valence-electron chi connectivity index (χ0n) is 11.4. The molecule has 0 amide bonds. The first-order valence-corrected chi connectivity index (χ1v) is 7.13. The number of benzene rings is 1. The van der Waals surface area contributed by atoms with E-state index in [0.717, 1.165) is 17.1 Å². The van der Waals surface area contributed by atoms with Gasteiger partial charge in [-0.2, -0.15) is 5.48 Å². The van der Waals surface area contributed by atoms with E-state index < -0.39 is 0 Å². The second kappa shape index (κ2) is 5.80. The minimum Gasteiger partial charge on any atom is -0.486 e. The molecule has 0 spiro atoms. The fourth-order valence-corrected chi connectivity index (χ4v) is 2.60. The van der Waals surface area contributed by atoms with Gasteiger partial charge < -0.3 is 9.47 Å². The number of rotatable bonds is 4. The molecule has 1 heterocycles. The number of hydrogen-bond donors (Lipinski definition) is 1. The van der Waals surface area contributed by atoms with E-state index in [4.69, 9.17) is 14.3 Å². The van der Waals surface area contributed by atoms with Crippen molar-refractivity contribution in [1.82, 2.24) is 5.48 Å². The van der Waals surface area contributed by atoms with Gasteiger partial charge in [0.25, 0.3) is 0 Å². The van der Waals surface area contributed by atoms with Crippen LogP contribution < -0.4 is 15.0 Å². The van der Waals surface area contributed by atoms with E-state index in [0.29, 0.717) is 19.3 Å². The van der Waals surface area contributed by atoms with Gasteiger partial charge in [-0.3, -0.25) is 4.84 Å². The van der Waals surface area contributed by atoms with Gasteiger partial charge in [0, 0.05) is 0 Å². The molecule has 4 heteroatoms. The van der Waals surface area contributed by atoms with Crippen LogP contribution in [0.1, 0.15) is 44.2 Å². The van der Waals surface area contributed by atoms with Crippen molar-refractivity contribution in [1.29, 1.82) is 0 Å². The fraction of sp³-hybridized carbons (Fsp3) is 0.600. The molecule has 1 fully saturated rings. The van der Waals surface area contributed by atoms with E-state index >= 15 is 0 Å². The third-order valence-electron chi connectivity index (χ3n) is 3.78. The SMILES string of the molecule is CC(NOC1CCCC1)c1ccc2c(c1)OCCO2. The molecule has 2 aliphatic rings. The Morgan fingerprint density at radius 2 is 1.89 bits per heavy atom. The van der Waals surface area contributed by atoms with E-state index in [-0.39, 0.29) is 6.04 Å². The lowest BCUT2D eigenvalue weighted by Gasteiger charge is -2.22. The Bertz CT molecular complexity index is 429. The molecule has 1 saturated carbocycles. The van der Waals surface area contributed by atoms with Crippen molar-refractivity contribution in [3.05, 3.63) is 23.8 Å². The summed E-state index contributed by atoms with van der Waals surface area (Å²) in [5, 5.41) is 0. The number of ether oxygens (including phenoxy) is 2. The molecule has 1 aromatic carbocycles. The first kappa shape index (κ1) is 12.8. The molecule has 19 heavy (non-hydrogen) atoms. The number of hydroxylamine groups is 1. The lowest BCUT2D eigenvalue weighted by molar-refractivity contribution is -0.0377. The average molecular weight is 263 g/mol. The maximum Gasteiger partial charge on any atom is 0.161 e. The molecule has 4 nitrogen and oxygen atoms in total. The summed E-state index contributed by atoms with van der Waals surface area (Å²) in [6.07, 6.45) is 5.27. The van der Waals surface area contributed by atoms with Crippen LogP contribution in [-0.4, -0.2) is 19.3 Å². The maximum atomic E-state index is 5.74. The highest BCUT2D eigenvalue weighted by atomic mass is 16.7. The Labute approximate surface area is 114 Å². The Morgan fingerprint density at radius 3 is 2.68 bits per heavy atom. The lowest BCUT2D eigenvalue weighted by Crippen LogP contribution is -2.25. The second-order valence-corrected chi connectivity index (χ2v) is 5.27. The second-order valence-electron chi connectivity index (χ2n) is 5.27. The number of fused-ring (bicyclic) bond motifs is 1. The van der Waals surface area contributed by atoms with Crippen molar-refractivity contribution < 1.29 is 14.3 Å². The van der Waals surface area contributed by atoms with Crippen LogP contribution in [0, 0.1) is 0 Å². The lowest BCUT2D eigenvalue weighted by atomic mass is 10.1. The summed E-state index contributed by atoms with van der Waals surface area (Å²) in [6.45, 7) is 3.35. The van der Waals surface area contributed by atoms with Crippen molar-refractivity contribution in [2.45, 2.75) is 44.8 Å². The average Bonchev–Trinajstić information content (AvgIpc) is 2.97. The standard InChI is InChI=1S/C15H21NO3/c1-11(16-19-13-4-2-3-5-13)12-6-7-14-15(10-12)18-9-8-17-14/h6-7,10-11,13,16H,2-5,8-9H2,1H3. The van der Waals surface area contributed by atoms with Gasteiger partial charge in [-0.1, -0.05) is 18.9 Å². The van der Waals surface area contributed by atoms with Crippen LogP contribution in [0.4, 0.5) is 0 Å². The minimum absolute atomic E-state index is 0.149.